The number of phenols is 2. The average Bonchev–Trinajstić information content (AvgIpc) is 4.09. The summed E-state index contributed by atoms with van der Waals surface area (Å²) < 4.78 is 117. The van der Waals surface area contributed by atoms with Gasteiger partial charge in [-0.2, -0.15) is 26.3 Å². The second-order valence-electron chi connectivity index (χ2n) is 17.3. The molecule has 0 saturated heterocycles. The van der Waals surface area contributed by atoms with Crippen LogP contribution >= 0.6 is 45.9 Å². The maximum atomic E-state index is 16.9. The molecule has 12 nitrogen and oxygen atoms in total. The standard InChI is InChI=1S/C48H27Cl2F7N6O6S2/c49-30-9-6-24-33-43(70-38(24)36(30)64)60-40(23-4-3-19(47(52,53)54)11-26(23)18-1-2-18)62(45(33)66)16-21-14-59-42(69-21)28-12-27(28)22-5-8-29(48(55,56)57)35(51)32(22)41-61-44-34(25-7-10-31(50)37(65)39(25)71-44)46(67)63(41)15-20-13-58-17-68-20/h3-11,13-14,17-18,27-28,64-65H,1-2,12,15-16H2. The summed E-state index contributed by atoms with van der Waals surface area (Å²) in [5.74, 6) is -4.12. The Balaban J connectivity index is 0.971. The molecule has 6 heterocycles. The van der Waals surface area contributed by atoms with E-state index >= 15 is 4.39 Å². The molecule has 2 aliphatic carbocycles. The molecule has 23 heteroatoms. The summed E-state index contributed by atoms with van der Waals surface area (Å²) in [4.78, 5) is 47.3. The molecular formula is C48H27Cl2F7N6O6S2. The Bertz CT molecular complexity index is 4010. The van der Waals surface area contributed by atoms with Crippen LogP contribution in [0, 0.1) is 5.82 Å². The summed E-state index contributed by atoms with van der Waals surface area (Å²) in [6.07, 6.45) is -4.71. The summed E-state index contributed by atoms with van der Waals surface area (Å²) >= 11 is 14.2. The number of hydrogen-bond acceptors (Lipinski definition) is 12. The maximum Gasteiger partial charge on any atom is 0.419 e. The van der Waals surface area contributed by atoms with E-state index < -0.39 is 70.2 Å². The number of phenolic OH excluding ortho intramolecular Hbond substituents is 2. The molecule has 0 bridgehead atoms. The van der Waals surface area contributed by atoms with Crippen molar-refractivity contribution >= 4 is 86.5 Å². The summed E-state index contributed by atoms with van der Waals surface area (Å²) in [5, 5.41) is 22.4. The van der Waals surface area contributed by atoms with E-state index in [4.69, 9.17) is 37.0 Å². The highest BCUT2D eigenvalue weighted by molar-refractivity contribution is 7.26. The maximum absolute atomic E-state index is 16.9. The molecule has 2 atom stereocenters. The van der Waals surface area contributed by atoms with Crippen molar-refractivity contribution in [1.29, 1.82) is 0 Å². The van der Waals surface area contributed by atoms with Gasteiger partial charge in [0.05, 0.1) is 72.4 Å². The molecule has 0 aliphatic heterocycles. The van der Waals surface area contributed by atoms with Crippen LogP contribution in [-0.4, -0.2) is 39.3 Å². The summed E-state index contributed by atoms with van der Waals surface area (Å²) in [6, 6.07) is 10.8. The molecular weight excluding hydrogens is 1020 g/mol. The van der Waals surface area contributed by atoms with Crippen molar-refractivity contribution in [2.45, 2.75) is 62.5 Å². The van der Waals surface area contributed by atoms with Crippen LogP contribution in [0.3, 0.4) is 0 Å². The molecule has 2 N–H and O–H groups in total. The molecule has 71 heavy (non-hydrogen) atoms. The first-order valence-electron chi connectivity index (χ1n) is 21.5. The van der Waals surface area contributed by atoms with E-state index in [2.05, 4.69) is 15.0 Å². The number of thiophene rings is 2. The van der Waals surface area contributed by atoms with Gasteiger partial charge in [0.25, 0.3) is 11.1 Å². The number of oxazole rings is 2. The number of fused-ring (bicyclic) bond motifs is 6. The number of aromatic nitrogens is 6. The molecule has 0 spiro atoms. The largest absolute Gasteiger partial charge is 0.505 e. The van der Waals surface area contributed by atoms with Gasteiger partial charge in [0.15, 0.2) is 23.8 Å². The fourth-order valence-corrected chi connectivity index (χ4v) is 11.9. The van der Waals surface area contributed by atoms with Gasteiger partial charge in [-0.1, -0.05) is 47.5 Å². The Hall–Kier alpha value is -6.81. The van der Waals surface area contributed by atoms with Crippen LogP contribution in [0.4, 0.5) is 30.7 Å². The highest BCUT2D eigenvalue weighted by Crippen LogP contribution is 2.57. The summed E-state index contributed by atoms with van der Waals surface area (Å²) in [7, 11) is 0. The van der Waals surface area contributed by atoms with Crippen LogP contribution in [0.1, 0.15) is 76.7 Å². The first-order chi connectivity index (χ1) is 33.8. The molecule has 2 fully saturated rings. The lowest BCUT2D eigenvalue weighted by Gasteiger charge is -2.18. The average molecular weight is 1050 g/mol. The van der Waals surface area contributed by atoms with E-state index in [1.54, 1.807) is 6.07 Å². The third kappa shape index (κ3) is 7.45. The Labute approximate surface area is 409 Å². The van der Waals surface area contributed by atoms with Crippen LogP contribution < -0.4 is 11.1 Å². The van der Waals surface area contributed by atoms with Gasteiger partial charge >= 0.3 is 12.4 Å². The van der Waals surface area contributed by atoms with Crippen LogP contribution in [0.15, 0.2) is 91.8 Å². The van der Waals surface area contributed by atoms with Crippen LogP contribution in [-0.2, 0) is 25.4 Å². The molecule has 0 amide bonds. The molecule has 10 aromatic rings. The molecule has 4 aromatic carbocycles. The van der Waals surface area contributed by atoms with Crippen LogP contribution in [0.2, 0.25) is 10.0 Å². The van der Waals surface area contributed by atoms with Gasteiger partial charge < -0.3 is 19.0 Å². The molecule has 12 rings (SSSR count). The third-order valence-electron chi connectivity index (χ3n) is 12.9. The van der Waals surface area contributed by atoms with Crippen molar-refractivity contribution in [3.05, 3.63) is 150 Å². The van der Waals surface area contributed by atoms with Gasteiger partial charge in [0, 0.05) is 22.3 Å². The van der Waals surface area contributed by atoms with Crippen LogP contribution in [0.25, 0.3) is 63.4 Å². The van der Waals surface area contributed by atoms with Crippen molar-refractivity contribution < 1.29 is 49.8 Å². The van der Waals surface area contributed by atoms with Gasteiger partial charge in [-0.3, -0.25) is 18.7 Å². The van der Waals surface area contributed by atoms with Crippen molar-refractivity contribution in [1.82, 2.24) is 29.1 Å². The van der Waals surface area contributed by atoms with E-state index in [0.717, 1.165) is 51.8 Å². The molecule has 2 saturated carbocycles. The van der Waals surface area contributed by atoms with E-state index in [0.29, 0.717) is 29.9 Å². The van der Waals surface area contributed by atoms with E-state index in [1.807, 2.05) is 0 Å². The minimum atomic E-state index is -5.17. The molecule has 360 valence electrons. The lowest BCUT2D eigenvalue weighted by Crippen LogP contribution is -2.25. The van der Waals surface area contributed by atoms with Crippen molar-refractivity contribution in [3.8, 4) is 34.3 Å². The second kappa shape index (κ2) is 16.1. The highest BCUT2D eigenvalue weighted by atomic mass is 35.5. The minimum Gasteiger partial charge on any atom is -0.505 e. The summed E-state index contributed by atoms with van der Waals surface area (Å²) in [5.41, 5.74) is -3.82. The predicted octanol–water partition coefficient (Wildman–Crippen LogP) is 13.0. The first-order valence-corrected chi connectivity index (χ1v) is 23.9. The lowest BCUT2D eigenvalue weighted by atomic mass is 9.96. The number of alkyl halides is 6. The molecule has 2 aliphatic rings. The highest BCUT2D eigenvalue weighted by Gasteiger charge is 2.47. The monoisotopic (exact) mass is 1050 g/mol. The van der Waals surface area contributed by atoms with Gasteiger partial charge in [-0.15, -0.1) is 22.7 Å². The Morgan fingerprint density at radius 2 is 1.35 bits per heavy atom. The Kier molecular flexibility index (Phi) is 10.3. The quantitative estimate of drug-likeness (QED) is 0.133. The number of rotatable bonds is 9. The number of aromatic hydroxyl groups is 2. The zero-order valence-corrected chi connectivity index (χ0v) is 38.8. The normalized spacial score (nSPS) is 16.4. The SMILES string of the molecule is O=c1c2c(nc(-c3ccc(C(F)(F)F)cc3C3CC3)n1Cc1cnc(C3CC3c3ccc(C(F)(F)F)c(F)c3-c3nc4sc5c(O)c(Cl)ccc5c4c(=O)n3Cc3cnco3)o1)sc1c(O)c(Cl)ccc12. The first kappa shape index (κ1) is 45.3. The number of benzene rings is 4. The van der Waals surface area contributed by atoms with Gasteiger partial charge in [0.1, 0.15) is 38.6 Å². The Morgan fingerprint density at radius 3 is 1.94 bits per heavy atom. The number of halogens is 9. The van der Waals surface area contributed by atoms with Crippen molar-refractivity contribution in [2.75, 3.05) is 0 Å². The molecule has 2 unspecified atom stereocenters. The number of hydrogen-bond donors (Lipinski definition) is 2. The van der Waals surface area contributed by atoms with Crippen LogP contribution in [0.5, 0.6) is 11.5 Å². The van der Waals surface area contributed by atoms with Gasteiger partial charge in [-0.05, 0) is 72.6 Å². The Morgan fingerprint density at radius 1 is 0.732 bits per heavy atom. The smallest absolute Gasteiger partial charge is 0.419 e. The van der Waals surface area contributed by atoms with Gasteiger partial charge in [-0.25, -0.2) is 24.3 Å². The summed E-state index contributed by atoms with van der Waals surface area (Å²) in [6.45, 7) is -0.759. The van der Waals surface area contributed by atoms with Crippen molar-refractivity contribution in [2.24, 2.45) is 0 Å². The topological polar surface area (TPSA) is 162 Å². The molecule has 6 aromatic heterocycles. The minimum absolute atomic E-state index is 0.000734. The van der Waals surface area contributed by atoms with Crippen molar-refractivity contribution in [3.63, 3.8) is 0 Å². The number of nitrogens with zero attached hydrogens (tertiary/aromatic N) is 6. The van der Waals surface area contributed by atoms with E-state index in [1.165, 1.54) is 41.2 Å². The third-order valence-corrected chi connectivity index (χ3v) is 15.7. The molecule has 0 radical (unpaired) electrons. The second-order valence-corrected chi connectivity index (χ2v) is 20.1. The zero-order valence-electron chi connectivity index (χ0n) is 35.6. The fraction of sp³-hybridized carbons (Fsp3) is 0.208. The lowest BCUT2D eigenvalue weighted by molar-refractivity contribution is -0.140. The predicted molar refractivity (Wildman–Crippen MR) is 250 cm³/mol. The van der Waals surface area contributed by atoms with Gasteiger partial charge in [0.2, 0.25) is 0 Å². The van der Waals surface area contributed by atoms with E-state index in [9.17, 15) is 46.1 Å². The van der Waals surface area contributed by atoms with E-state index in [-0.39, 0.29) is 110 Å². The zero-order chi connectivity index (χ0) is 49.6. The fourth-order valence-electron chi connectivity index (χ4n) is 9.29.